The van der Waals surface area contributed by atoms with Crippen molar-refractivity contribution in [1.82, 2.24) is 14.5 Å². The van der Waals surface area contributed by atoms with Crippen LogP contribution in [0.15, 0.2) is 61.1 Å². The molecule has 2 saturated heterocycles. The van der Waals surface area contributed by atoms with E-state index < -0.39 is 6.10 Å². The van der Waals surface area contributed by atoms with Crippen LogP contribution in [0.4, 0.5) is 0 Å². The molecule has 0 amide bonds. The predicted molar refractivity (Wildman–Crippen MR) is 95.4 cm³/mol. The van der Waals surface area contributed by atoms with Crippen molar-refractivity contribution >= 4 is 0 Å². The van der Waals surface area contributed by atoms with Crippen LogP contribution >= 0.6 is 0 Å². The minimum absolute atomic E-state index is 0.0186. The van der Waals surface area contributed by atoms with E-state index in [1.54, 1.807) is 12.4 Å². The molecule has 4 heterocycles. The van der Waals surface area contributed by atoms with Gasteiger partial charge in [0.05, 0.1) is 24.9 Å². The molecule has 0 bridgehead atoms. The van der Waals surface area contributed by atoms with Gasteiger partial charge in [0.15, 0.2) is 0 Å². The molecule has 4 atom stereocenters. The number of ether oxygens (including phenoxy) is 2. The molecular formula is C20H19N3O3. The van der Waals surface area contributed by atoms with Crippen molar-refractivity contribution in [1.29, 1.82) is 0 Å². The molecule has 6 heteroatoms. The Balaban J connectivity index is 1.45. The van der Waals surface area contributed by atoms with E-state index in [1.807, 2.05) is 24.4 Å². The van der Waals surface area contributed by atoms with Crippen molar-refractivity contribution in [3.8, 4) is 22.6 Å². The second-order valence-electron chi connectivity index (χ2n) is 6.68. The standard InChI is InChI=1S/C20H19N3O3/c24-17-12-26-18-16(11-25-19(17)18)23-10-9-22-20(23)14-6-4-13(5-7-14)15-3-1-2-8-21-15/h1-10,16-19,24H,11-12H2/t16-,17+,18+,19+/m0/s1. The Kier molecular flexibility index (Phi) is 3.81. The molecule has 2 aliphatic heterocycles. The first kappa shape index (κ1) is 15.7. The van der Waals surface area contributed by atoms with E-state index in [2.05, 4.69) is 38.8 Å². The number of nitrogens with zero attached hydrogens (tertiary/aromatic N) is 3. The number of imidazole rings is 1. The van der Waals surface area contributed by atoms with Gasteiger partial charge in [-0.25, -0.2) is 4.98 Å². The maximum absolute atomic E-state index is 9.96. The number of hydrogen-bond donors (Lipinski definition) is 1. The molecule has 2 fully saturated rings. The minimum atomic E-state index is -0.547. The molecule has 0 unspecified atom stereocenters. The summed E-state index contributed by atoms with van der Waals surface area (Å²) >= 11 is 0. The number of aromatic nitrogens is 3. The van der Waals surface area contributed by atoms with E-state index in [9.17, 15) is 5.11 Å². The van der Waals surface area contributed by atoms with Crippen LogP contribution in [0.1, 0.15) is 6.04 Å². The van der Waals surface area contributed by atoms with Crippen LogP contribution in [0.2, 0.25) is 0 Å². The average Bonchev–Trinajstić information content (AvgIpc) is 3.40. The third kappa shape index (κ3) is 2.54. The molecule has 26 heavy (non-hydrogen) atoms. The first-order chi connectivity index (χ1) is 12.8. The van der Waals surface area contributed by atoms with Gasteiger partial charge in [0, 0.05) is 29.7 Å². The van der Waals surface area contributed by atoms with Crippen molar-refractivity contribution in [2.45, 2.75) is 24.4 Å². The number of rotatable bonds is 3. The van der Waals surface area contributed by atoms with Crippen LogP contribution < -0.4 is 0 Å². The second-order valence-corrected chi connectivity index (χ2v) is 6.68. The highest BCUT2D eigenvalue weighted by Crippen LogP contribution is 2.36. The summed E-state index contributed by atoms with van der Waals surface area (Å²) in [6.45, 7) is 0.844. The third-order valence-electron chi connectivity index (χ3n) is 5.13. The largest absolute Gasteiger partial charge is 0.388 e. The number of fused-ring (bicyclic) bond motifs is 1. The number of pyridine rings is 1. The summed E-state index contributed by atoms with van der Waals surface area (Å²) in [4.78, 5) is 8.93. The zero-order chi connectivity index (χ0) is 17.5. The number of hydrogen-bond acceptors (Lipinski definition) is 5. The highest BCUT2D eigenvalue weighted by Gasteiger charge is 2.48. The molecule has 1 N–H and O–H groups in total. The molecule has 3 aromatic rings. The monoisotopic (exact) mass is 349 g/mol. The van der Waals surface area contributed by atoms with E-state index in [4.69, 9.17) is 9.47 Å². The molecule has 2 aromatic heterocycles. The maximum atomic E-state index is 9.96. The SMILES string of the molecule is O[C@@H]1CO[C@H]2[C@@H]1OC[C@@H]2n1ccnc1-c1ccc(-c2ccccn2)cc1. The Hall–Kier alpha value is -2.54. The fraction of sp³-hybridized carbons (Fsp3) is 0.300. The third-order valence-corrected chi connectivity index (χ3v) is 5.13. The molecule has 5 rings (SSSR count). The second kappa shape index (κ2) is 6.32. The Morgan fingerprint density at radius 3 is 2.50 bits per heavy atom. The van der Waals surface area contributed by atoms with Gasteiger partial charge in [0.25, 0.3) is 0 Å². The van der Waals surface area contributed by atoms with Crippen molar-refractivity contribution in [3.63, 3.8) is 0 Å². The normalized spacial score (nSPS) is 27.6. The van der Waals surface area contributed by atoms with E-state index in [0.717, 1.165) is 22.6 Å². The zero-order valence-electron chi connectivity index (χ0n) is 14.1. The lowest BCUT2D eigenvalue weighted by Gasteiger charge is -2.19. The summed E-state index contributed by atoms with van der Waals surface area (Å²) < 4.78 is 13.6. The van der Waals surface area contributed by atoms with E-state index in [0.29, 0.717) is 13.2 Å². The first-order valence-electron chi connectivity index (χ1n) is 8.77. The number of aliphatic hydroxyl groups is 1. The van der Waals surface area contributed by atoms with Crippen LogP contribution in [-0.4, -0.2) is 51.2 Å². The fourth-order valence-corrected chi connectivity index (χ4v) is 3.83. The topological polar surface area (TPSA) is 69.4 Å². The molecule has 1 aromatic carbocycles. The van der Waals surface area contributed by atoms with E-state index in [-0.39, 0.29) is 18.2 Å². The van der Waals surface area contributed by atoms with Crippen LogP contribution in [0.5, 0.6) is 0 Å². The maximum Gasteiger partial charge on any atom is 0.140 e. The summed E-state index contributed by atoms with van der Waals surface area (Å²) in [5.74, 6) is 0.872. The van der Waals surface area contributed by atoms with Crippen LogP contribution in [0.25, 0.3) is 22.6 Å². The van der Waals surface area contributed by atoms with Gasteiger partial charge in [-0.1, -0.05) is 30.3 Å². The number of benzene rings is 1. The lowest BCUT2D eigenvalue weighted by molar-refractivity contribution is 0.0172. The van der Waals surface area contributed by atoms with Crippen molar-refractivity contribution in [2.24, 2.45) is 0 Å². The smallest absolute Gasteiger partial charge is 0.140 e. The van der Waals surface area contributed by atoms with Crippen molar-refractivity contribution in [2.75, 3.05) is 13.2 Å². The molecule has 0 radical (unpaired) electrons. The zero-order valence-corrected chi connectivity index (χ0v) is 14.1. The van der Waals surface area contributed by atoms with Gasteiger partial charge < -0.3 is 19.1 Å². The summed E-state index contributed by atoms with van der Waals surface area (Å²) in [7, 11) is 0. The van der Waals surface area contributed by atoms with Gasteiger partial charge in [-0.05, 0) is 12.1 Å². The van der Waals surface area contributed by atoms with Crippen molar-refractivity contribution < 1.29 is 14.6 Å². The fourth-order valence-electron chi connectivity index (χ4n) is 3.83. The highest BCUT2D eigenvalue weighted by atomic mass is 16.6. The summed E-state index contributed by atoms with van der Waals surface area (Å²) in [5.41, 5.74) is 3.04. The predicted octanol–water partition coefficient (Wildman–Crippen LogP) is 2.31. The minimum Gasteiger partial charge on any atom is -0.388 e. The van der Waals surface area contributed by atoms with Gasteiger partial charge in [-0.3, -0.25) is 4.98 Å². The number of aliphatic hydroxyl groups excluding tert-OH is 1. The van der Waals surface area contributed by atoms with Gasteiger partial charge in [0.2, 0.25) is 0 Å². The highest BCUT2D eigenvalue weighted by molar-refractivity contribution is 5.65. The molecule has 0 saturated carbocycles. The van der Waals surface area contributed by atoms with Gasteiger partial charge in [-0.2, -0.15) is 0 Å². The van der Waals surface area contributed by atoms with Gasteiger partial charge in [0.1, 0.15) is 24.1 Å². The van der Waals surface area contributed by atoms with Crippen molar-refractivity contribution in [3.05, 3.63) is 61.1 Å². The Morgan fingerprint density at radius 1 is 0.885 bits per heavy atom. The average molecular weight is 349 g/mol. The Labute approximate surface area is 151 Å². The Morgan fingerprint density at radius 2 is 1.69 bits per heavy atom. The van der Waals surface area contributed by atoms with Crippen LogP contribution in [0.3, 0.4) is 0 Å². The lowest BCUT2D eigenvalue weighted by atomic mass is 10.1. The van der Waals surface area contributed by atoms with Crippen LogP contribution in [-0.2, 0) is 9.47 Å². The molecule has 6 nitrogen and oxygen atoms in total. The first-order valence-corrected chi connectivity index (χ1v) is 8.77. The van der Waals surface area contributed by atoms with E-state index >= 15 is 0 Å². The molecule has 132 valence electrons. The lowest BCUT2D eigenvalue weighted by Crippen LogP contribution is -2.30. The molecule has 0 aliphatic carbocycles. The summed E-state index contributed by atoms with van der Waals surface area (Å²) in [5, 5.41) is 9.96. The summed E-state index contributed by atoms with van der Waals surface area (Å²) in [6.07, 6.45) is 4.61. The van der Waals surface area contributed by atoms with Crippen LogP contribution in [0, 0.1) is 0 Å². The Bertz CT molecular complexity index is 894. The van der Waals surface area contributed by atoms with Gasteiger partial charge in [-0.15, -0.1) is 0 Å². The summed E-state index contributed by atoms with van der Waals surface area (Å²) in [6, 6.07) is 14.1. The van der Waals surface area contributed by atoms with E-state index in [1.165, 1.54) is 0 Å². The molecule has 2 aliphatic rings. The molecular weight excluding hydrogens is 330 g/mol. The van der Waals surface area contributed by atoms with Gasteiger partial charge >= 0.3 is 0 Å². The quantitative estimate of drug-likeness (QED) is 0.786. The molecule has 0 spiro atoms.